The molecule has 1 unspecified atom stereocenters. The van der Waals surface area contributed by atoms with Crippen LogP contribution in [0.15, 0.2) is 71.7 Å². The van der Waals surface area contributed by atoms with Crippen LogP contribution in [-0.2, 0) is 6.54 Å². The molecule has 4 nitrogen and oxygen atoms in total. The van der Waals surface area contributed by atoms with Gasteiger partial charge in [-0.3, -0.25) is 14.1 Å². The van der Waals surface area contributed by atoms with Crippen LogP contribution in [0.1, 0.15) is 42.6 Å². The Labute approximate surface area is 170 Å². The highest BCUT2D eigenvalue weighted by atomic mass is 16.1. The van der Waals surface area contributed by atoms with Crippen LogP contribution in [0.25, 0.3) is 16.4 Å². The van der Waals surface area contributed by atoms with E-state index in [9.17, 15) is 4.79 Å². The molecule has 2 aromatic carbocycles. The Morgan fingerprint density at radius 1 is 1.07 bits per heavy atom. The molecule has 0 spiro atoms. The van der Waals surface area contributed by atoms with Gasteiger partial charge in [-0.15, -0.1) is 0 Å². The van der Waals surface area contributed by atoms with Crippen molar-refractivity contribution in [1.29, 1.82) is 0 Å². The van der Waals surface area contributed by atoms with Crippen molar-refractivity contribution in [2.24, 2.45) is 0 Å². The molecule has 0 amide bonds. The number of aromatic nitrogens is 2. The zero-order valence-corrected chi connectivity index (χ0v) is 16.9. The van der Waals surface area contributed by atoms with Crippen LogP contribution >= 0.6 is 0 Å². The van der Waals surface area contributed by atoms with Gasteiger partial charge in [0.05, 0.1) is 5.69 Å². The van der Waals surface area contributed by atoms with Gasteiger partial charge >= 0.3 is 0 Å². The Morgan fingerprint density at radius 2 is 1.86 bits per heavy atom. The second-order valence-corrected chi connectivity index (χ2v) is 8.16. The molecule has 1 saturated carbocycles. The summed E-state index contributed by atoms with van der Waals surface area (Å²) in [6.45, 7) is 4.96. The van der Waals surface area contributed by atoms with Crippen LogP contribution in [0.5, 0.6) is 0 Å². The van der Waals surface area contributed by atoms with E-state index >= 15 is 0 Å². The number of pyridine rings is 1. The smallest absolute Gasteiger partial charge is 0.258 e. The Hall–Kier alpha value is -2.98. The average Bonchev–Trinajstić information content (AvgIpc) is 3.57. The van der Waals surface area contributed by atoms with E-state index in [1.54, 1.807) is 16.7 Å². The lowest BCUT2D eigenvalue weighted by Crippen LogP contribution is -2.30. The molecule has 146 valence electrons. The van der Waals surface area contributed by atoms with E-state index in [-0.39, 0.29) is 11.6 Å². The van der Waals surface area contributed by atoms with Crippen LogP contribution in [-0.4, -0.2) is 20.3 Å². The topological polar surface area (TPSA) is 37.6 Å². The van der Waals surface area contributed by atoms with Crippen LogP contribution in [0.3, 0.4) is 0 Å². The van der Waals surface area contributed by atoms with Crippen LogP contribution < -0.4 is 5.56 Å². The van der Waals surface area contributed by atoms with Crippen molar-refractivity contribution < 1.29 is 0 Å². The summed E-state index contributed by atoms with van der Waals surface area (Å²) < 4.78 is 1.63. The standard InChI is InChI=1S/C25H25N3O/c1-17-6-5-13-27-24(29)15-22(26-25(17)27)16-28(23-11-12-23)18(2)20-10-9-19-7-3-4-8-21(19)14-20/h3-10,13-15,18,23H,11-12,16H2,1-2H3. The van der Waals surface area contributed by atoms with Crippen molar-refractivity contribution in [2.75, 3.05) is 0 Å². The van der Waals surface area contributed by atoms with Gasteiger partial charge in [-0.1, -0.05) is 42.5 Å². The molecule has 0 saturated heterocycles. The van der Waals surface area contributed by atoms with E-state index in [2.05, 4.69) is 54.3 Å². The molecule has 0 aliphatic heterocycles. The van der Waals surface area contributed by atoms with Crippen molar-refractivity contribution in [3.63, 3.8) is 0 Å². The second-order valence-electron chi connectivity index (χ2n) is 8.16. The van der Waals surface area contributed by atoms with Gasteiger partial charge in [0.2, 0.25) is 0 Å². The van der Waals surface area contributed by atoms with E-state index in [0.717, 1.165) is 16.9 Å². The molecule has 0 bridgehead atoms. The molecule has 0 radical (unpaired) electrons. The molecule has 4 aromatic rings. The fraction of sp³-hybridized carbons (Fsp3) is 0.280. The maximum atomic E-state index is 12.6. The number of benzene rings is 2. The minimum absolute atomic E-state index is 0.0113. The number of aryl methyl sites for hydroxylation is 1. The lowest BCUT2D eigenvalue weighted by atomic mass is 10.0. The Kier molecular flexibility index (Phi) is 4.44. The van der Waals surface area contributed by atoms with Crippen LogP contribution in [0.4, 0.5) is 0 Å². The van der Waals surface area contributed by atoms with Crippen molar-refractivity contribution in [3.8, 4) is 0 Å². The highest BCUT2D eigenvalue weighted by Gasteiger charge is 2.33. The fourth-order valence-electron chi connectivity index (χ4n) is 4.22. The first-order chi connectivity index (χ1) is 14.1. The van der Waals surface area contributed by atoms with Gasteiger partial charge < -0.3 is 0 Å². The van der Waals surface area contributed by atoms with Crippen LogP contribution in [0.2, 0.25) is 0 Å². The Morgan fingerprint density at radius 3 is 2.66 bits per heavy atom. The van der Waals surface area contributed by atoms with Gasteiger partial charge in [-0.05, 0) is 60.7 Å². The zero-order chi connectivity index (χ0) is 20.0. The molecule has 1 fully saturated rings. The predicted molar refractivity (Wildman–Crippen MR) is 117 cm³/mol. The molecule has 29 heavy (non-hydrogen) atoms. The molecular weight excluding hydrogens is 358 g/mol. The molecule has 4 heteroatoms. The lowest BCUT2D eigenvalue weighted by molar-refractivity contribution is 0.188. The first-order valence-corrected chi connectivity index (χ1v) is 10.3. The van der Waals surface area contributed by atoms with Crippen molar-refractivity contribution in [2.45, 2.75) is 45.3 Å². The Balaban J connectivity index is 1.50. The molecule has 5 rings (SSSR count). The van der Waals surface area contributed by atoms with Crippen molar-refractivity contribution in [3.05, 3.63) is 94.0 Å². The zero-order valence-electron chi connectivity index (χ0n) is 16.9. The maximum absolute atomic E-state index is 12.6. The molecule has 0 N–H and O–H groups in total. The summed E-state index contributed by atoms with van der Waals surface area (Å²) in [5.74, 6) is 0. The minimum Gasteiger partial charge on any atom is -0.288 e. The molecule has 2 heterocycles. The molecular formula is C25H25N3O. The van der Waals surface area contributed by atoms with Gasteiger partial charge in [0.1, 0.15) is 5.65 Å². The first kappa shape index (κ1) is 18.1. The molecule has 1 aliphatic rings. The van der Waals surface area contributed by atoms with Gasteiger partial charge in [-0.25, -0.2) is 4.98 Å². The summed E-state index contributed by atoms with van der Waals surface area (Å²) in [6, 6.07) is 21.6. The Bertz CT molecular complexity index is 1260. The second kappa shape index (κ2) is 7.12. The third-order valence-corrected chi connectivity index (χ3v) is 6.05. The number of hydrogen-bond donors (Lipinski definition) is 0. The summed E-state index contributed by atoms with van der Waals surface area (Å²) in [4.78, 5) is 19.9. The first-order valence-electron chi connectivity index (χ1n) is 10.3. The summed E-state index contributed by atoms with van der Waals surface area (Å²) in [5, 5.41) is 2.53. The highest BCUT2D eigenvalue weighted by Crippen LogP contribution is 2.36. The van der Waals surface area contributed by atoms with E-state index in [1.165, 1.54) is 29.2 Å². The monoisotopic (exact) mass is 383 g/mol. The van der Waals surface area contributed by atoms with Crippen molar-refractivity contribution in [1.82, 2.24) is 14.3 Å². The van der Waals surface area contributed by atoms with E-state index in [0.29, 0.717) is 12.6 Å². The van der Waals surface area contributed by atoms with Gasteiger partial charge in [-0.2, -0.15) is 0 Å². The van der Waals surface area contributed by atoms with E-state index in [1.807, 2.05) is 19.1 Å². The number of nitrogens with zero attached hydrogens (tertiary/aromatic N) is 3. The predicted octanol–water partition coefficient (Wildman–Crippen LogP) is 4.88. The quantitative estimate of drug-likeness (QED) is 0.493. The SMILES string of the molecule is Cc1cccn2c(=O)cc(CN(C3CC3)C(C)c3ccc4ccccc4c3)nc12. The lowest BCUT2D eigenvalue weighted by Gasteiger charge is -2.29. The van der Waals surface area contributed by atoms with E-state index < -0.39 is 0 Å². The number of rotatable bonds is 5. The summed E-state index contributed by atoms with van der Waals surface area (Å²) in [7, 11) is 0. The van der Waals surface area contributed by atoms with Gasteiger partial charge in [0.25, 0.3) is 5.56 Å². The summed E-state index contributed by atoms with van der Waals surface area (Å²) in [6.07, 6.45) is 4.21. The highest BCUT2D eigenvalue weighted by molar-refractivity contribution is 5.83. The number of fused-ring (bicyclic) bond motifs is 2. The van der Waals surface area contributed by atoms with Crippen LogP contribution in [0, 0.1) is 6.92 Å². The average molecular weight is 383 g/mol. The molecule has 2 aromatic heterocycles. The fourth-order valence-corrected chi connectivity index (χ4v) is 4.22. The number of hydrogen-bond acceptors (Lipinski definition) is 3. The minimum atomic E-state index is -0.0113. The summed E-state index contributed by atoms with van der Waals surface area (Å²) >= 11 is 0. The largest absolute Gasteiger partial charge is 0.288 e. The third kappa shape index (κ3) is 3.45. The van der Waals surface area contributed by atoms with Crippen molar-refractivity contribution >= 4 is 16.4 Å². The summed E-state index contributed by atoms with van der Waals surface area (Å²) in [5.41, 5.74) is 3.92. The molecule has 1 aliphatic carbocycles. The van der Waals surface area contributed by atoms with Gasteiger partial charge in [0.15, 0.2) is 0 Å². The molecule has 1 atom stereocenters. The van der Waals surface area contributed by atoms with E-state index in [4.69, 9.17) is 4.98 Å². The maximum Gasteiger partial charge on any atom is 0.258 e. The van der Waals surface area contributed by atoms with Gasteiger partial charge in [0, 0.05) is 30.9 Å². The third-order valence-electron chi connectivity index (χ3n) is 6.05. The normalized spacial score (nSPS) is 15.3.